The number of nitrogens with one attached hydrogen (secondary N) is 1. The third kappa shape index (κ3) is 2.33. The smallest absolute Gasteiger partial charge is 0.161 e. The SMILES string of the molecule is CCC(C)(C)c1[nH]nc(N)c1-c1ccc2c(c1)OCCO2. The molecule has 2 aromatic rings. The average molecular weight is 287 g/mol. The Balaban J connectivity index is 2.11. The van der Waals surface area contributed by atoms with Gasteiger partial charge in [-0.25, -0.2) is 0 Å². The van der Waals surface area contributed by atoms with Gasteiger partial charge >= 0.3 is 0 Å². The lowest BCUT2D eigenvalue weighted by molar-refractivity contribution is 0.171. The molecule has 0 unspecified atom stereocenters. The van der Waals surface area contributed by atoms with Crippen molar-refractivity contribution in [1.82, 2.24) is 10.2 Å². The number of aromatic nitrogens is 2. The highest BCUT2D eigenvalue weighted by Crippen LogP contribution is 2.40. The second kappa shape index (κ2) is 4.98. The lowest BCUT2D eigenvalue weighted by Gasteiger charge is -2.23. The van der Waals surface area contributed by atoms with E-state index in [1.165, 1.54) is 0 Å². The maximum Gasteiger partial charge on any atom is 0.161 e. The van der Waals surface area contributed by atoms with Crippen LogP contribution in [0.1, 0.15) is 32.9 Å². The largest absolute Gasteiger partial charge is 0.486 e. The predicted molar refractivity (Wildman–Crippen MR) is 82.7 cm³/mol. The number of nitrogen functional groups attached to an aromatic ring is 1. The van der Waals surface area contributed by atoms with E-state index in [0.29, 0.717) is 19.0 Å². The Bertz CT molecular complexity index is 662. The van der Waals surface area contributed by atoms with Crippen LogP contribution in [0.3, 0.4) is 0 Å². The molecule has 1 aliphatic heterocycles. The third-order valence-electron chi connectivity index (χ3n) is 4.19. The van der Waals surface area contributed by atoms with Crippen LogP contribution >= 0.6 is 0 Å². The van der Waals surface area contributed by atoms with Gasteiger partial charge < -0.3 is 15.2 Å². The second-order valence-electron chi connectivity index (χ2n) is 5.95. The normalized spacial score (nSPS) is 14.2. The van der Waals surface area contributed by atoms with Crippen molar-refractivity contribution in [2.24, 2.45) is 0 Å². The number of nitrogens with zero attached hydrogens (tertiary/aromatic N) is 1. The van der Waals surface area contributed by atoms with Crippen molar-refractivity contribution in [1.29, 1.82) is 0 Å². The van der Waals surface area contributed by atoms with Crippen molar-refractivity contribution in [2.45, 2.75) is 32.6 Å². The highest BCUT2D eigenvalue weighted by Gasteiger charge is 2.27. The molecular weight excluding hydrogens is 266 g/mol. The minimum absolute atomic E-state index is 0.0206. The maximum atomic E-state index is 6.09. The molecule has 3 rings (SSSR count). The quantitative estimate of drug-likeness (QED) is 0.909. The molecule has 1 aliphatic rings. The summed E-state index contributed by atoms with van der Waals surface area (Å²) in [4.78, 5) is 0. The summed E-state index contributed by atoms with van der Waals surface area (Å²) in [5, 5.41) is 7.30. The Kier molecular flexibility index (Phi) is 3.27. The molecule has 112 valence electrons. The highest BCUT2D eigenvalue weighted by atomic mass is 16.6. The van der Waals surface area contributed by atoms with Crippen LogP contribution in [-0.2, 0) is 5.41 Å². The standard InChI is InChI=1S/C16H21N3O2/c1-4-16(2,3)14-13(15(17)19-18-14)10-5-6-11-12(9-10)21-8-7-20-11/h5-6,9H,4,7-8H2,1-3H3,(H3,17,18,19). The summed E-state index contributed by atoms with van der Waals surface area (Å²) >= 11 is 0. The molecule has 2 heterocycles. The van der Waals surface area contributed by atoms with E-state index >= 15 is 0 Å². The first kappa shape index (κ1) is 13.8. The van der Waals surface area contributed by atoms with Gasteiger partial charge in [0.05, 0.1) is 5.69 Å². The number of benzene rings is 1. The summed E-state index contributed by atoms with van der Waals surface area (Å²) in [5.41, 5.74) is 9.08. The Morgan fingerprint density at radius 1 is 1.24 bits per heavy atom. The van der Waals surface area contributed by atoms with Gasteiger partial charge in [0.15, 0.2) is 17.3 Å². The number of H-pyrrole nitrogens is 1. The molecule has 1 aromatic carbocycles. The van der Waals surface area contributed by atoms with Gasteiger partial charge in [0.25, 0.3) is 0 Å². The summed E-state index contributed by atoms with van der Waals surface area (Å²) in [7, 11) is 0. The molecule has 3 N–H and O–H groups in total. The van der Waals surface area contributed by atoms with E-state index in [1.54, 1.807) is 0 Å². The Labute approximate surface area is 124 Å². The van der Waals surface area contributed by atoms with Gasteiger partial charge in [-0.15, -0.1) is 0 Å². The van der Waals surface area contributed by atoms with Crippen LogP contribution in [0.25, 0.3) is 11.1 Å². The molecule has 21 heavy (non-hydrogen) atoms. The van der Waals surface area contributed by atoms with Crippen LogP contribution in [0.4, 0.5) is 5.82 Å². The molecule has 5 nitrogen and oxygen atoms in total. The van der Waals surface area contributed by atoms with Crippen molar-refractivity contribution >= 4 is 5.82 Å². The zero-order chi connectivity index (χ0) is 15.0. The zero-order valence-electron chi connectivity index (χ0n) is 12.7. The van der Waals surface area contributed by atoms with Gasteiger partial charge in [0.2, 0.25) is 0 Å². The molecule has 0 aliphatic carbocycles. The van der Waals surface area contributed by atoms with E-state index in [0.717, 1.165) is 34.7 Å². The van der Waals surface area contributed by atoms with Gasteiger partial charge in [-0.3, -0.25) is 5.10 Å². The monoisotopic (exact) mass is 287 g/mol. The first-order valence-corrected chi connectivity index (χ1v) is 7.27. The molecule has 0 saturated heterocycles. The van der Waals surface area contributed by atoms with E-state index in [-0.39, 0.29) is 5.41 Å². The van der Waals surface area contributed by atoms with Gasteiger partial charge in [-0.1, -0.05) is 26.8 Å². The highest BCUT2D eigenvalue weighted by molar-refractivity contribution is 5.78. The molecule has 5 heteroatoms. The molecule has 1 aromatic heterocycles. The van der Waals surface area contributed by atoms with Gasteiger partial charge in [0.1, 0.15) is 13.2 Å². The molecule has 0 fully saturated rings. The number of ether oxygens (including phenoxy) is 2. The van der Waals surface area contributed by atoms with Crippen LogP contribution in [0.2, 0.25) is 0 Å². The Morgan fingerprint density at radius 2 is 1.95 bits per heavy atom. The Morgan fingerprint density at radius 3 is 2.67 bits per heavy atom. The lowest BCUT2D eigenvalue weighted by Crippen LogP contribution is -2.17. The van der Waals surface area contributed by atoms with Gasteiger partial charge in [0, 0.05) is 11.0 Å². The first-order valence-electron chi connectivity index (χ1n) is 7.27. The number of rotatable bonds is 3. The van der Waals surface area contributed by atoms with Crippen molar-refractivity contribution in [3.8, 4) is 22.6 Å². The summed E-state index contributed by atoms with van der Waals surface area (Å²) in [6.45, 7) is 7.69. The van der Waals surface area contributed by atoms with Crippen LogP contribution in [0.15, 0.2) is 18.2 Å². The number of hydrogen-bond acceptors (Lipinski definition) is 4. The van der Waals surface area contributed by atoms with Crippen molar-refractivity contribution < 1.29 is 9.47 Å². The molecule has 0 spiro atoms. The minimum Gasteiger partial charge on any atom is -0.486 e. The molecule has 0 radical (unpaired) electrons. The van der Waals surface area contributed by atoms with Gasteiger partial charge in [-0.05, 0) is 24.1 Å². The number of hydrogen-bond donors (Lipinski definition) is 2. The fourth-order valence-corrected chi connectivity index (χ4v) is 2.51. The van der Waals surface area contributed by atoms with Crippen LogP contribution < -0.4 is 15.2 Å². The fraction of sp³-hybridized carbons (Fsp3) is 0.438. The lowest BCUT2D eigenvalue weighted by atomic mass is 9.83. The van der Waals surface area contributed by atoms with Crippen LogP contribution in [-0.4, -0.2) is 23.4 Å². The zero-order valence-corrected chi connectivity index (χ0v) is 12.7. The first-order chi connectivity index (χ1) is 10.0. The number of anilines is 1. The van der Waals surface area contributed by atoms with Crippen molar-refractivity contribution in [3.05, 3.63) is 23.9 Å². The molecule has 0 bridgehead atoms. The molecule has 0 atom stereocenters. The van der Waals surface area contributed by atoms with E-state index in [1.807, 2.05) is 18.2 Å². The number of aromatic amines is 1. The van der Waals surface area contributed by atoms with Crippen molar-refractivity contribution in [2.75, 3.05) is 18.9 Å². The summed E-state index contributed by atoms with van der Waals surface area (Å²) in [5.74, 6) is 2.06. The van der Waals surface area contributed by atoms with E-state index in [9.17, 15) is 0 Å². The third-order valence-corrected chi connectivity index (χ3v) is 4.19. The molecular formula is C16H21N3O2. The number of fused-ring (bicyclic) bond motifs is 1. The summed E-state index contributed by atoms with van der Waals surface area (Å²) < 4.78 is 11.2. The van der Waals surface area contributed by atoms with Crippen molar-refractivity contribution in [3.63, 3.8) is 0 Å². The van der Waals surface area contributed by atoms with Gasteiger partial charge in [-0.2, -0.15) is 5.10 Å². The fourth-order valence-electron chi connectivity index (χ4n) is 2.51. The molecule has 0 amide bonds. The summed E-state index contributed by atoms with van der Waals surface area (Å²) in [6.07, 6.45) is 0.992. The maximum absolute atomic E-state index is 6.09. The second-order valence-corrected chi connectivity index (χ2v) is 5.95. The summed E-state index contributed by atoms with van der Waals surface area (Å²) in [6, 6.07) is 5.91. The minimum atomic E-state index is -0.0206. The Hall–Kier alpha value is -2.17. The molecule has 0 saturated carbocycles. The van der Waals surface area contributed by atoms with E-state index in [4.69, 9.17) is 15.2 Å². The van der Waals surface area contributed by atoms with E-state index < -0.39 is 0 Å². The number of nitrogens with two attached hydrogens (primary N) is 1. The van der Waals surface area contributed by atoms with Crippen LogP contribution in [0, 0.1) is 0 Å². The topological polar surface area (TPSA) is 73.2 Å². The van der Waals surface area contributed by atoms with E-state index in [2.05, 4.69) is 31.0 Å². The average Bonchev–Trinajstić information content (AvgIpc) is 2.89. The van der Waals surface area contributed by atoms with Crippen LogP contribution in [0.5, 0.6) is 11.5 Å². The predicted octanol–water partition coefficient (Wildman–Crippen LogP) is 3.12.